The van der Waals surface area contributed by atoms with Crippen molar-refractivity contribution in [2.45, 2.75) is 20.5 Å². The SMILES string of the molecule is COc1cc(/C=C(\C#N)C(=O)Nc2ccc(C)c(C)c2)cc(I)c1OCc1ccc(F)cc1. The Balaban J connectivity index is 1.81. The van der Waals surface area contributed by atoms with Gasteiger partial charge in [-0.05, 0) is 101 Å². The second kappa shape index (κ2) is 11.0. The number of ether oxygens (including phenoxy) is 2. The number of carbonyl (C=O) groups excluding carboxylic acids is 1. The van der Waals surface area contributed by atoms with Gasteiger partial charge in [0.15, 0.2) is 11.5 Å². The van der Waals surface area contributed by atoms with E-state index in [0.717, 1.165) is 20.3 Å². The summed E-state index contributed by atoms with van der Waals surface area (Å²) in [5.74, 6) is 0.183. The van der Waals surface area contributed by atoms with Crippen molar-refractivity contribution in [2.24, 2.45) is 0 Å². The maximum atomic E-state index is 13.1. The molecule has 0 fully saturated rings. The van der Waals surface area contributed by atoms with Gasteiger partial charge in [0.05, 0.1) is 10.7 Å². The Morgan fingerprint density at radius 1 is 1.12 bits per heavy atom. The van der Waals surface area contributed by atoms with Crippen molar-refractivity contribution in [3.8, 4) is 17.6 Å². The molecule has 0 saturated heterocycles. The molecule has 0 saturated carbocycles. The van der Waals surface area contributed by atoms with Crippen molar-refractivity contribution in [1.82, 2.24) is 0 Å². The molecule has 3 aromatic carbocycles. The lowest BCUT2D eigenvalue weighted by molar-refractivity contribution is -0.112. The molecule has 1 amide bonds. The molecular weight excluding hydrogens is 534 g/mol. The second-order valence-electron chi connectivity index (χ2n) is 7.37. The Bertz CT molecular complexity index is 1250. The molecule has 0 heterocycles. The third-order valence-corrected chi connectivity index (χ3v) is 5.79. The summed E-state index contributed by atoms with van der Waals surface area (Å²) in [4.78, 5) is 12.6. The Morgan fingerprint density at radius 2 is 1.85 bits per heavy atom. The van der Waals surface area contributed by atoms with Crippen LogP contribution in [0.2, 0.25) is 0 Å². The highest BCUT2D eigenvalue weighted by Gasteiger charge is 2.14. The molecule has 0 radical (unpaired) electrons. The van der Waals surface area contributed by atoms with Gasteiger partial charge in [0.1, 0.15) is 24.1 Å². The molecule has 0 atom stereocenters. The van der Waals surface area contributed by atoms with Crippen LogP contribution in [-0.4, -0.2) is 13.0 Å². The summed E-state index contributed by atoms with van der Waals surface area (Å²) in [6.07, 6.45) is 1.50. The molecule has 5 nitrogen and oxygen atoms in total. The third-order valence-electron chi connectivity index (χ3n) is 4.99. The molecule has 168 valence electrons. The fourth-order valence-corrected chi connectivity index (χ4v) is 3.81. The normalized spacial score (nSPS) is 11.0. The summed E-state index contributed by atoms with van der Waals surface area (Å²) >= 11 is 2.11. The zero-order valence-corrected chi connectivity index (χ0v) is 20.6. The first-order chi connectivity index (χ1) is 15.8. The van der Waals surface area contributed by atoms with Gasteiger partial charge >= 0.3 is 0 Å². The predicted molar refractivity (Wildman–Crippen MR) is 135 cm³/mol. The van der Waals surface area contributed by atoms with Crippen molar-refractivity contribution in [3.05, 3.63) is 91.8 Å². The monoisotopic (exact) mass is 556 g/mol. The van der Waals surface area contributed by atoms with Gasteiger partial charge in [-0.2, -0.15) is 5.26 Å². The summed E-state index contributed by atoms with van der Waals surface area (Å²) in [5, 5.41) is 12.3. The minimum absolute atomic E-state index is 0.0361. The maximum Gasteiger partial charge on any atom is 0.266 e. The largest absolute Gasteiger partial charge is 0.493 e. The van der Waals surface area contributed by atoms with Gasteiger partial charge in [-0.15, -0.1) is 0 Å². The fourth-order valence-electron chi connectivity index (χ4n) is 3.03. The molecule has 3 rings (SSSR count). The predicted octanol–water partition coefficient (Wildman–Crippen LogP) is 6.18. The minimum atomic E-state index is -0.494. The molecule has 0 aliphatic heterocycles. The van der Waals surface area contributed by atoms with Crippen molar-refractivity contribution in [3.63, 3.8) is 0 Å². The summed E-state index contributed by atoms with van der Waals surface area (Å²) in [6, 6.07) is 17.1. The zero-order valence-electron chi connectivity index (χ0n) is 18.4. The number of nitrogens with one attached hydrogen (secondary N) is 1. The minimum Gasteiger partial charge on any atom is -0.493 e. The number of amides is 1. The van der Waals surface area contributed by atoms with E-state index >= 15 is 0 Å². The van der Waals surface area contributed by atoms with E-state index in [1.54, 1.807) is 30.3 Å². The lowest BCUT2D eigenvalue weighted by Gasteiger charge is -2.14. The number of carbonyl (C=O) groups is 1. The van der Waals surface area contributed by atoms with Crippen LogP contribution in [0.25, 0.3) is 6.08 Å². The molecule has 0 aliphatic rings. The Labute approximate surface area is 206 Å². The lowest BCUT2D eigenvalue weighted by atomic mass is 10.1. The molecule has 7 heteroatoms. The number of halogens is 2. The van der Waals surface area contributed by atoms with E-state index in [4.69, 9.17) is 9.47 Å². The van der Waals surface area contributed by atoms with E-state index < -0.39 is 5.91 Å². The van der Waals surface area contributed by atoms with E-state index in [9.17, 15) is 14.4 Å². The second-order valence-corrected chi connectivity index (χ2v) is 8.53. The molecular formula is C26H22FIN2O3. The lowest BCUT2D eigenvalue weighted by Crippen LogP contribution is -2.13. The molecule has 0 spiro atoms. The van der Waals surface area contributed by atoms with Crippen LogP contribution in [0.3, 0.4) is 0 Å². The molecule has 0 aromatic heterocycles. The number of methoxy groups -OCH3 is 1. The maximum absolute atomic E-state index is 13.1. The Hall–Kier alpha value is -3.38. The molecule has 33 heavy (non-hydrogen) atoms. The van der Waals surface area contributed by atoms with Crippen molar-refractivity contribution >= 4 is 40.3 Å². The fraction of sp³-hybridized carbons (Fsp3) is 0.154. The van der Waals surface area contributed by atoms with Gasteiger partial charge in [0.25, 0.3) is 5.91 Å². The van der Waals surface area contributed by atoms with Gasteiger partial charge in [-0.25, -0.2) is 4.39 Å². The molecule has 1 N–H and O–H groups in total. The molecule has 0 unspecified atom stereocenters. The highest BCUT2D eigenvalue weighted by Crippen LogP contribution is 2.35. The first-order valence-corrected chi connectivity index (χ1v) is 11.1. The number of rotatable bonds is 7. The number of nitriles is 1. The van der Waals surface area contributed by atoms with Crippen molar-refractivity contribution < 1.29 is 18.7 Å². The first kappa shape index (κ1) is 24.3. The highest BCUT2D eigenvalue weighted by molar-refractivity contribution is 14.1. The van der Waals surface area contributed by atoms with Crippen LogP contribution in [0.15, 0.2) is 60.2 Å². The van der Waals surface area contributed by atoms with E-state index in [-0.39, 0.29) is 18.0 Å². The van der Waals surface area contributed by atoms with Crippen LogP contribution < -0.4 is 14.8 Å². The van der Waals surface area contributed by atoms with Crippen molar-refractivity contribution in [2.75, 3.05) is 12.4 Å². The van der Waals surface area contributed by atoms with Crippen LogP contribution in [0, 0.1) is 34.6 Å². The van der Waals surface area contributed by atoms with Crippen LogP contribution >= 0.6 is 22.6 Å². The number of aryl methyl sites for hydroxylation is 2. The van der Waals surface area contributed by atoms with Gasteiger partial charge in [0, 0.05) is 5.69 Å². The number of benzene rings is 3. The number of hydrogen-bond donors (Lipinski definition) is 1. The van der Waals surface area contributed by atoms with Crippen LogP contribution in [0.4, 0.5) is 10.1 Å². The molecule has 0 aliphatic carbocycles. The number of anilines is 1. The topological polar surface area (TPSA) is 71.3 Å². The van der Waals surface area contributed by atoms with Gasteiger partial charge in [0.2, 0.25) is 0 Å². The van der Waals surface area contributed by atoms with E-state index in [2.05, 4.69) is 27.9 Å². The van der Waals surface area contributed by atoms with Gasteiger partial charge < -0.3 is 14.8 Å². The van der Waals surface area contributed by atoms with Crippen LogP contribution in [0.1, 0.15) is 22.3 Å². The summed E-state index contributed by atoms with van der Waals surface area (Å²) in [5.41, 5.74) is 4.19. The zero-order chi connectivity index (χ0) is 24.0. The van der Waals surface area contributed by atoms with Gasteiger partial charge in [-0.1, -0.05) is 18.2 Å². The first-order valence-electron chi connectivity index (χ1n) is 10.1. The Kier molecular flexibility index (Phi) is 8.06. The molecule has 0 bridgehead atoms. The highest BCUT2D eigenvalue weighted by atomic mass is 127. The smallest absolute Gasteiger partial charge is 0.266 e. The third kappa shape index (κ3) is 6.33. The van der Waals surface area contributed by atoms with E-state index in [1.165, 1.54) is 25.3 Å². The number of hydrogen-bond acceptors (Lipinski definition) is 4. The van der Waals surface area contributed by atoms with E-state index in [1.807, 2.05) is 32.0 Å². The standard InChI is InChI=1S/C26H22FIN2O3/c1-16-4-9-22(10-17(16)2)30-26(31)20(14-29)11-19-12-23(28)25(24(13-19)32-3)33-15-18-5-7-21(27)8-6-18/h4-13H,15H2,1-3H3,(H,30,31)/b20-11+. The summed E-state index contributed by atoms with van der Waals surface area (Å²) in [6.45, 7) is 4.19. The quantitative estimate of drug-likeness (QED) is 0.214. The Morgan fingerprint density at radius 3 is 2.48 bits per heavy atom. The average Bonchev–Trinajstić information content (AvgIpc) is 2.79. The summed E-state index contributed by atoms with van der Waals surface area (Å²) in [7, 11) is 1.52. The molecule has 3 aromatic rings. The van der Waals surface area contributed by atoms with Crippen molar-refractivity contribution in [1.29, 1.82) is 5.26 Å². The van der Waals surface area contributed by atoms with E-state index in [0.29, 0.717) is 22.7 Å². The average molecular weight is 556 g/mol. The van der Waals surface area contributed by atoms with Crippen LogP contribution in [0.5, 0.6) is 11.5 Å². The van der Waals surface area contributed by atoms with Gasteiger partial charge in [-0.3, -0.25) is 4.79 Å². The van der Waals surface area contributed by atoms with Crippen LogP contribution in [-0.2, 0) is 11.4 Å². The summed E-state index contributed by atoms with van der Waals surface area (Å²) < 4.78 is 25.2. The number of nitrogens with zero attached hydrogens (tertiary/aromatic N) is 1.